The molecule has 0 saturated carbocycles. The standard InChI is InChI=1S/C22H29N3O5/c1-3-29-12-13-30-20-9-5-7-18(15-20)24-16-21(26)25-19-8-4-6-17(14-19)22(27)23-10-11-28-2/h4-9,14-15,24H,3,10-13,16H2,1-2H3,(H,23,27)(H,25,26). The fourth-order valence-electron chi connectivity index (χ4n) is 2.55. The van der Waals surface area contributed by atoms with Gasteiger partial charge < -0.3 is 30.2 Å². The SMILES string of the molecule is CCOCCOc1cccc(NCC(=O)Nc2cccc(C(=O)NCCOC)c2)c1. The molecule has 0 unspecified atom stereocenters. The lowest BCUT2D eigenvalue weighted by Gasteiger charge is -2.11. The number of anilines is 2. The van der Waals surface area contributed by atoms with Crippen molar-refractivity contribution in [2.45, 2.75) is 6.92 Å². The highest BCUT2D eigenvalue weighted by atomic mass is 16.5. The summed E-state index contributed by atoms with van der Waals surface area (Å²) >= 11 is 0. The number of hydrogen-bond acceptors (Lipinski definition) is 6. The molecule has 0 aliphatic heterocycles. The van der Waals surface area contributed by atoms with Crippen LogP contribution >= 0.6 is 0 Å². The van der Waals surface area contributed by atoms with Crippen molar-refractivity contribution in [3.05, 3.63) is 54.1 Å². The minimum Gasteiger partial charge on any atom is -0.491 e. The molecule has 2 aromatic rings. The molecule has 0 aliphatic rings. The molecule has 0 atom stereocenters. The van der Waals surface area contributed by atoms with Crippen LogP contribution in [0.2, 0.25) is 0 Å². The number of rotatable bonds is 13. The Balaban J connectivity index is 1.82. The van der Waals surface area contributed by atoms with E-state index < -0.39 is 0 Å². The monoisotopic (exact) mass is 415 g/mol. The molecule has 0 heterocycles. The lowest BCUT2D eigenvalue weighted by Crippen LogP contribution is -2.27. The summed E-state index contributed by atoms with van der Waals surface area (Å²) in [6.07, 6.45) is 0. The Morgan fingerprint density at radius 3 is 2.57 bits per heavy atom. The van der Waals surface area contributed by atoms with Gasteiger partial charge in [-0.2, -0.15) is 0 Å². The van der Waals surface area contributed by atoms with Crippen molar-refractivity contribution >= 4 is 23.2 Å². The van der Waals surface area contributed by atoms with Gasteiger partial charge in [0.2, 0.25) is 5.91 Å². The van der Waals surface area contributed by atoms with Crippen molar-refractivity contribution < 1.29 is 23.8 Å². The van der Waals surface area contributed by atoms with Gasteiger partial charge in [0.05, 0.1) is 19.8 Å². The van der Waals surface area contributed by atoms with Crippen LogP contribution in [0.4, 0.5) is 11.4 Å². The van der Waals surface area contributed by atoms with E-state index >= 15 is 0 Å². The zero-order valence-electron chi connectivity index (χ0n) is 17.4. The van der Waals surface area contributed by atoms with Gasteiger partial charge in [-0.3, -0.25) is 9.59 Å². The summed E-state index contributed by atoms with van der Waals surface area (Å²) in [5.41, 5.74) is 1.79. The Morgan fingerprint density at radius 1 is 0.967 bits per heavy atom. The van der Waals surface area contributed by atoms with E-state index in [4.69, 9.17) is 14.2 Å². The van der Waals surface area contributed by atoms with Crippen molar-refractivity contribution in [1.82, 2.24) is 5.32 Å². The Bertz CT molecular complexity index is 813. The van der Waals surface area contributed by atoms with E-state index in [0.717, 1.165) is 5.69 Å². The second kappa shape index (κ2) is 13.2. The molecule has 0 fully saturated rings. The number of amides is 2. The summed E-state index contributed by atoms with van der Waals surface area (Å²) in [5.74, 6) is 0.254. The minimum absolute atomic E-state index is 0.0761. The second-order valence-electron chi connectivity index (χ2n) is 6.30. The summed E-state index contributed by atoms with van der Waals surface area (Å²) < 4.78 is 15.8. The van der Waals surface area contributed by atoms with Crippen LogP contribution < -0.4 is 20.7 Å². The van der Waals surface area contributed by atoms with E-state index in [1.165, 1.54) is 0 Å². The predicted molar refractivity (Wildman–Crippen MR) is 116 cm³/mol. The first kappa shape index (κ1) is 23.2. The van der Waals surface area contributed by atoms with E-state index in [9.17, 15) is 9.59 Å². The van der Waals surface area contributed by atoms with E-state index in [0.29, 0.717) is 50.0 Å². The molecule has 8 heteroatoms. The average Bonchev–Trinajstić information content (AvgIpc) is 2.76. The number of hydrogen-bond donors (Lipinski definition) is 3. The van der Waals surface area contributed by atoms with Gasteiger partial charge in [0, 0.05) is 43.3 Å². The maximum absolute atomic E-state index is 12.3. The largest absolute Gasteiger partial charge is 0.491 e. The van der Waals surface area contributed by atoms with Gasteiger partial charge in [0.25, 0.3) is 5.91 Å². The van der Waals surface area contributed by atoms with Gasteiger partial charge >= 0.3 is 0 Å². The first-order valence-electron chi connectivity index (χ1n) is 9.84. The van der Waals surface area contributed by atoms with Gasteiger partial charge in [0.15, 0.2) is 0 Å². The van der Waals surface area contributed by atoms with Crippen LogP contribution in [0.3, 0.4) is 0 Å². The van der Waals surface area contributed by atoms with Gasteiger partial charge in [0.1, 0.15) is 12.4 Å². The van der Waals surface area contributed by atoms with Crippen LogP contribution in [-0.2, 0) is 14.3 Å². The Kier molecular flexibility index (Phi) is 10.2. The number of nitrogens with one attached hydrogen (secondary N) is 3. The first-order valence-corrected chi connectivity index (χ1v) is 9.84. The molecule has 0 aromatic heterocycles. The van der Waals surface area contributed by atoms with Crippen LogP contribution in [0.1, 0.15) is 17.3 Å². The number of carbonyl (C=O) groups excluding carboxylic acids is 2. The van der Waals surface area contributed by atoms with Crippen molar-refractivity contribution in [2.75, 3.05) is 57.3 Å². The Labute approximate surface area is 176 Å². The van der Waals surface area contributed by atoms with Crippen LogP contribution in [0.25, 0.3) is 0 Å². The molecular formula is C22H29N3O5. The Hall–Kier alpha value is -3.10. The number of ether oxygens (including phenoxy) is 3. The van der Waals surface area contributed by atoms with E-state index in [1.807, 2.05) is 31.2 Å². The average molecular weight is 415 g/mol. The molecule has 0 bridgehead atoms. The van der Waals surface area contributed by atoms with Crippen LogP contribution in [0.15, 0.2) is 48.5 Å². The number of benzene rings is 2. The molecule has 8 nitrogen and oxygen atoms in total. The smallest absolute Gasteiger partial charge is 0.251 e. The summed E-state index contributed by atoms with van der Waals surface area (Å²) in [5, 5.41) is 8.59. The number of methoxy groups -OCH3 is 1. The molecular weight excluding hydrogens is 386 g/mol. The molecule has 2 aromatic carbocycles. The lowest BCUT2D eigenvalue weighted by atomic mass is 10.2. The fourth-order valence-corrected chi connectivity index (χ4v) is 2.55. The molecule has 3 N–H and O–H groups in total. The van der Waals surface area contributed by atoms with Gasteiger partial charge in [-0.15, -0.1) is 0 Å². The highest BCUT2D eigenvalue weighted by Crippen LogP contribution is 2.17. The summed E-state index contributed by atoms with van der Waals surface area (Å²) in [6, 6.07) is 14.1. The van der Waals surface area contributed by atoms with Gasteiger partial charge in [-0.05, 0) is 37.3 Å². The minimum atomic E-state index is -0.227. The van der Waals surface area contributed by atoms with Crippen LogP contribution in [0, 0.1) is 0 Å². The van der Waals surface area contributed by atoms with Crippen molar-refractivity contribution in [1.29, 1.82) is 0 Å². The third-order valence-corrected chi connectivity index (χ3v) is 3.99. The molecule has 2 amide bonds. The molecule has 0 saturated heterocycles. The first-order chi connectivity index (χ1) is 14.6. The third kappa shape index (κ3) is 8.50. The lowest BCUT2D eigenvalue weighted by molar-refractivity contribution is -0.114. The molecule has 0 radical (unpaired) electrons. The zero-order chi connectivity index (χ0) is 21.6. The zero-order valence-corrected chi connectivity index (χ0v) is 17.4. The molecule has 162 valence electrons. The van der Waals surface area contributed by atoms with Gasteiger partial charge in [-0.1, -0.05) is 12.1 Å². The predicted octanol–water partition coefficient (Wildman–Crippen LogP) is 2.53. The van der Waals surface area contributed by atoms with Crippen molar-refractivity contribution in [3.8, 4) is 5.75 Å². The molecule has 2 rings (SSSR count). The van der Waals surface area contributed by atoms with Crippen molar-refractivity contribution in [2.24, 2.45) is 0 Å². The van der Waals surface area contributed by atoms with Crippen LogP contribution in [0.5, 0.6) is 5.75 Å². The van der Waals surface area contributed by atoms with E-state index in [2.05, 4.69) is 16.0 Å². The topological polar surface area (TPSA) is 97.9 Å². The molecule has 30 heavy (non-hydrogen) atoms. The quantitative estimate of drug-likeness (QED) is 0.435. The maximum Gasteiger partial charge on any atom is 0.251 e. The summed E-state index contributed by atoms with van der Waals surface area (Å²) in [4.78, 5) is 24.4. The Morgan fingerprint density at radius 2 is 1.77 bits per heavy atom. The van der Waals surface area contributed by atoms with E-state index in [-0.39, 0.29) is 18.4 Å². The maximum atomic E-state index is 12.3. The summed E-state index contributed by atoms with van der Waals surface area (Å²) in [6.45, 7) is 4.52. The van der Waals surface area contributed by atoms with Crippen molar-refractivity contribution in [3.63, 3.8) is 0 Å². The summed E-state index contributed by atoms with van der Waals surface area (Å²) in [7, 11) is 1.57. The fraction of sp³-hybridized carbons (Fsp3) is 0.364. The molecule has 0 aliphatic carbocycles. The highest BCUT2D eigenvalue weighted by molar-refractivity contribution is 5.98. The van der Waals surface area contributed by atoms with Gasteiger partial charge in [-0.25, -0.2) is 0 Å². The number of carbonyl (C=O) groups is 2. The normalized spacial score (nSPS) is 10.3. The second-order valence-corrected chi connectivity index (χ2v) is 6.30. The highest BCUT2D eigenvalue weighted by Gasteiger charge is 2.08. The van der Waals surface area contributed by atoms with E-state index in [1.54, 1.807) is 31.4 Å². The van der Waals surface area contributed by atoms with Crippen LogP contribution in [-0.4, -0.2) is 58.4 Å². The third-order valence-electron chi connectivity index (χ3n) is 3.99. The molecule has 0 spiro atoms.